The van der Waals surface area contributed by atoms with Crippen LogP contribution in [0, 0.1) is 0 Å². The van der Waals surface area contributed by atoms with Crippen molar-refractivity contribution in [3.05, 3.63) is 96.6 Å². The van der Waals surface area contributed by atoms with Crippen molar-refractivity contribution >= 4 is 39.7 Å². The summed E-state index contributed by atoms with van der Waals surface area (Å²) in [7, 11) is -1.53. The molecule has 4 aromatic rings. The van der Waals surface area contributed by atoms with Crippen molar-refractivity contribution in [2.45, 2.75) is 12.8 Å². The molecule has 0 heterocycles. The van der Waals surface area contributed by atoms with Crippen LogP contribution in [0.3, 0.4) is 0 Å². The predicted octanol–water partition coefficient (Wildman–Crippen LogP) is 5.07. The molecule has 1 aliphatic carbocycles. The average molecular weight is 376 g/mol. The van der Waals surface area contributed by atoms with Gasteiger partial charge in [0.15, 0.2) is 0 Å². The number of fused-ring (bicyclic) bond motifs is 2. The van der Waals surface area contributed by atoms with Crippen LogP contribution in [0.15, 0.2) is 91.0 Å². The summed E-state index contributed by atoms with van der Waals surface area (Å²) in [5, 5.41) is 24.1. The fraction of sp³-hybridized carbons (Fsp3) is 0.0769. The van der Waals surface area contributed by atoms with Gasteiger partial charge in [-0.25, -0.2) is 0 Å². The molecule has 0 radical (unpaired) electrons. The quantitative estimate of drug-likeness (QED) is 0.387. The molecule has 0 fully saturated rings. The molecule has 2 N–H and O–H groups in total. The summed E-state index contributed by atoms with van der Waals surface area (Å²) < 4.78 is 0. The molecule has 29 heavy (non-hydrogen) atoms. The summed E-state index contributed by atoms with van der Waals surface area (Å²) in [6, 6.07) is 24.6. The highest BCUT2D eigenvalue weighted by Crippen LogP contribution is 2.37. The van der Waals surface area contributed by atoms with E-state index >= 15 is 0 Å². The van der Waals surface area contributed by atoms with Crippen molar-refractivity contribution in [1.29, 1.82) is 0 Å². The standard InChI is InChI=1S/C26H21BO2/c28-27(29)26-23-15-6-4-13-21(23)25(22-14-5-7-16-24(22)26)20-12-8-11-19(17-20)18-9-2-1-3-10-18/h2,4-17,28-29H,1,3H2. The topological polar surface area (TPSA) is 40.5 Å². The highest BCUT2D eigenvalue weighted by Gasteiger charge is 2.22. The summed E-state index contributed by atoms with van der Waals surface area (Å²) in [6.45, 7) is 0. The van der Waals surface area contributed by atoms with E-state index in [-0.39, 0.29) is 0 Å². The normalized spacial score (nSPS) is 13.7. The lowest BCUT2D eigenvalue weighted by molar-refractivity contribution is 0.426. The summed E-state index contributed by atoms with van der Waals surface area (Å²) in [5.41, 5.74) is 5.29. The van der Waals surface area contributed by atoms with Gasteiger partial charge in [0.05, 0.1) is 0 Å². The lowest BCUT2D eigenvalue weighted by atomic mass is 9.72. The van der Waals surface area contributed by atoms with Gasteiger partial charge < -0.3 is 10.0 Å². The van der Waals surface area contributed by atoms with Gasteiger partial charge in [0.25, 0.3) is 0 Å². The van der Waals surface area contributed by atoms with Gasteiger partial charge in [0.2, 0.25) is 0 Å². The molecule has 5 rings (SSSR count). The third-order valence-electron chi connectivity index (χ3n) is 5.71. The summed E-state index contributed by atoms with van der Waals surface area (Å²) in [6.07, 6.45) is 8.89. The zero-order chi connectivity index (χ0) is 19.8. The Bertz CT molecular complexity index is 1230. The van der Waals surface area contributed by atoms with Gasteiger partial charge in [-0.15, -0.1) is 0 Å². The lowest BCUT2D eigenvalue weighted by Gasteiger charge is -2.17. The molecule has 3 heteroatoms. The van der Waals surface area contributed by atoms with Crippen LogP contribution in [0.2, 0.25) is 0 Å². The Hall–Kier alpha value is -3.14. The van der Waals surface area contributed by atoms with Gasteiger partial charge in [0, 0.05) is 0 Å². The van der Waals surface area contributed by atoms with Crippen LogP contribution in [-0.2, 0) is 0 Å². The molecule has 0 spiro atoms. The van der Waals surface area contributed by atoms with E-state index in [1.807, 2.05) is 36.4 Å². The lowest BCUT2D eigenvalue weighted by Crippen LogP contribution is -2.31. The molecule has 0 unspecified atom stereocenters. The minimum Gasteiger partial charge on any atom is -0.423 e. The Morgan fingerprint density at radius 3 is 1.86 bits per heavy atom. The van der Waals surface area contributed by atoms with E-state index in [1.165, 1.54) is 11.1 Å². The first-order valence-electron chi connectivity index (χ1n) is 10.0. The van der Waals surface area contributed by atoms with E-state index < -0.39 is 7.12 Å². The molecule has 0 saturated carbocycles. The van der Waals surface area contributed by atoms with Crippen LogP contribution in [0.1, 0.15) is 18.4 Å². The van der Waals surface area contributed by atoms with E-state index in [2.05, 4.69) is 54.6 Å². The third-order valence-corrected chi connectivity index (χ3v) is 5.71. The second-order valence-corrected chi connectivity index (χ2v) is 7.47. The zero-order valence-electron chi connectivity index (χ0n) is 16.0. The Morgan fingerprint density at radius 1 is 0.655 bits per heavy atom. The molecule has 0 aromatic heterocycles. The van der Waals surface area contributed by atoms with Crippen molar-refractivity contribution < 1.29 is 10.0 Å². The van der Waals surface area contributed by atoms with Gasteiger partial charge in [-0.2, -0.15) is 0 Å². The first-order valence-corrected chi connectivity index (χ1v) is 10.0. The largest absolute Gasteiger partial charge is 0.489 e. The first-order chi connectivity index (χ1) is 14.2. The Morgan fingerprint density at radius 2 is 1.28 bits per heavy atom. The Balaban J connectivity index is 1.85. The van der Waals surface area contributed by atoms with E-state index in [1.54, 1.807) is 0 Å². The summed E-state index contributed by atoms with van der Waals surface area (Å²) in [5.74, 6) is 0. The number of benzene rings is 4. The highest BCUT2D eigenvalue weighted by molar-refractivity contribution is 6.66. The number of hydrogen-bond donors (Lipinski definition) is 2. The molecule has 2 nitrogen and oxygen atoms in total. The van der Waals surface area contributed by atoms with Crippen LogP contribution < -0.4 is 5.46 Å². The minimum atomic E-state index is -1.53. The maximum atomic E-state index is 10.1. The molecular weight excluding hydrogens is 355 g/mol. The second-order valence-electron chi connectivity index (χ2n) is 7.47. The highest BCUT2D eigenvalue weighted by atomic mass is 16.4. The van der Waals surface area contributed by atoms with E-state index in [0.717, 1.165) is 45.5 Å². The number of hydrogen-bond acceptors (Lipinski definition) is 2. The molecule has 0 amide bonds. The summed E-state index contributed by atoms with van der Waals surface area (Å²) >= 11 is 0. The van der Waals surface area contributed by atoms with Gasteiger partial charge >= 0.3 is 7.12 Å². The smallest absolute Gasteiger partial charge is 0.423 e. The fourth-order valence-electron chi connectivity index (χ4n) is 4.43. The number of allylic oxidation sites excluding steroid dienone is 4. The number of rotatable bonds is 3. The average Bonchev–Trinajstić information content (AvgIpc) is 2.77. The van der Waals surface area contributed by atoms with Crippen molar-refractivity contribution in [1.82, 2.24) is 0 Å². The molecule has 4 aromatic carbocycles. The predicted molar refractivity (Wildman–Crippen MR) is 123 cm³/mol. The van der Waals surface area contributed by atoms with Crippen molar-refractivity contribution in [3.63, 3.8) is 0 Å². The SMILES string of the molecule is OB(O)c1c2ccccc2c(-c2cccc(C3=CCCC=C3)c2)c2ccccc12. The second kappa shape index (κ2) is 7.36. The van der Waals surface area contributed by atoms with Crippen LogP contribution in [0.5, 0.6) is 0 Å². The molecule has 0 atom stereocenters. The fourth-order valence-corrected chi connectivity index (χ4v) is 4.43. The summed E-state index contributed by atoms with van der Waals surface area (Å²) in [4.78, 5) is 0. The van der Waals surface area contributed by atoms with Crippen LogP contribution >= 0.6 is 0 Å². The van der Waals surface area contributed by atoms with Gasteiger partial charge in [0.1, 0.15) is 0 Å². The maximum Gasteiger partial charge on any atom is 0.489 e. The van der Waals surface area contributed by atoms with Crippen molar-refractivity contribution in [2.75, 3.05) is 0 Å². The zero-order valence-corrected chi connectivity index (χ0v) is 16.0. The van der Waals surface area contributed by atoms with Crippen LogP contribution in [0.4, 0.5) is 0 Å². The molecule has 140 valence electrons. The van der Waals surface area contributed by atoms with Crippen molar-refractivity contribution in [2.24, 2.45) is 0 Å². The first kappa shape index (κ1) is 17.9. The molecule has 0 saturated heterocycles. The minimum absolute atomic E-state index is 0.564. The van der Waals surface area contributed by atoms with Crippen molar-refractivity contribution in [3.8, 4) is 11.1 Å². The Kier molecular flexibility index (Phi) is 4.55. The maximum absolute atomic E-state index is 10.1. The molecule has 0 bridgehead atoms. The van der Waals surface area contributed by atoms with Gasteiger partial charge in [-0.05, 0) is 68.2 Å². The Labute approximate surface area is 170 Å². The monoisotopic (exact) mass is 376 g/mol. The van der Waals surface area contributed by atoms with Gasteiger partial charge in [-0.1, -0.05) is 85.0 Å². The molecule has 1 aliphatic rings. The molecule has 0 aliphatic heterocycles. The third kappa shape index (κ3) is 3.09. The van der Waals surface area contributed by atoms with Gasteiger partial charge in [-0.3, -0.25) is 0 Å². The van der Waals surface area contributed by atoms with E-state index in [0.29, 0.717) is 5.46 Å². The van der Waals surface area contributed by atoms with Crippen LogP contribution in [-0.4, -0.2) is 17.2 Å². The van der Waals surface area contributed by atoms with Crippen LogP contribution in [0.25, 0.3) is 38.2 Å². The van der Waals surface area contributed by atoms with E-state index in [9.17, 15) is 10.0 Å². The molecular formula is C26H21BO2. The van der Waals surface area contributed by atoms with E-state index in [4.69, 9.17) is 0 Å².